The number of halogens is 3. The zero-order valence-corrected chi connectivity index (χ0v) is 14.6. The molecule has 7 heteroatoms. The topological polar surface area (TPSA) is 53.1 Å². The van der Waals surface area contributed by atoms with Crippen molar-refractivity contribution in [2.75, 3.05) is 7.11 Å². The first-order valence-corrected chi connectivity index (χ1v) is 7.31. The van der Waals surface area contributed by atoms with Gasteiger partial charge in [-0.15, -0.1) is 24.8 Å². The monoisotopic (exact) mass is 361 g/mol. The van der Waals surface area contributed by atoms with Gasteiger partial charge in [-0.3, -0.25) is 0 Å². The average molecular weight is 362 g/mol. The van der Waals surface area contributed by atoms with Gasteiger partial charge in [-0.25, -0.2) is 9.37 Å². The molecule has 23 heavy (non-hydrogen) atoms. The molecule has 0 unspecified atom stereocenters. The molecule has 1 aliphatic carbocycles. The molecule has 4 nitrogen and oxygen atoms in total. The third-order valence-corrected chi connectivity index (χ3v) is 4.22. The summed E-state index contributed by atoms with van der Waals surface area (Å²) >= 11 is 0. The molecule has 1 aliphatic rings. The van der Waals surface area contributed by atoms with Crippen molar-refractivity contribution in [3.05, 3.63) is 36.4 Å². The highest BCUT2D eigenvalue weighted by molar-refractivity contribution is 5.85. The van der Waals surface area contributed by atoms with Crippen LogP contribution in [-0.2, 0) is 0 Å². The summed E-state index contributed by atoms with van der Waals surface area (Å²) in [6.45, 7) is 0. The number of methoxy groups -OCH3 is 1. The van der Waals surface area contributed by atoms with E-state index in [4.69, 9.17) is 10.5 Å². The van der Waals surface area contributed by atoms with Gasteiger partial charge in [-0.2, -0.15) is 0 Å². The molecule has 0 atom stereocenters. The molecule has 0 radical (unpaired) electrons. The number of rotatable bonds is 3. The van der Waals surface area contributed by atoms with Gasteiger partial charge >= 0.3 is 0 Å². The molecule has 0 bridgehead atoms. The predicted octanol–water partition coefficient (Wildman–Crippen LogP) is 3.98. The lowest BCUT2D eigenvalue weighted by atomic mass is 9.91. The van der Waals surface area contributed by atoms with Crippen LogP contribution in [0.1, 0.15) is 31.7 Å². The van der Waals surface area contributed by atoms with Crippen molar-refractivity contribution in [2.24, 2.45) is 5.73 Å². The van der Waals surface area contributed by atoms with Gasteiger partial charge in [0.25, 0.3) is 0 Å². The number of ether oxygens (including phenoxy) is 1. The zero-order valence-electron chi connectivity index (χ0n) is 12.9. The van der Waals surface area contributed by atoms with Crippen LogP contribution >= 0.6 is 24.8 Å². The Bertz CT molecular complexity index is 628. The molecule has 0 amide bonds. The Labute approximate surface area is 148 Å². The van der Waals surface area contributed by atoms with Crippen LogP contribution in [0.3, 0.4) is 0 Å². The molecule has 128 valence electrons. The van der Waals surface area contributed by atoms with Crippen molar-refractivity contribution in [3.63, 3.8) is 0 Å². The van der Waals surface area contributed by atoms with E-state index >= 15 is 0 Å². The molecule has 3 rings (SSSR count). The summed E-state index contributed by atoms with van der Waals surface area (Å²) < 4.78 is 21.4. The summed E-state index contributed by atoms with van der Waals surface area (Å²) in [5.41, 5.74) is 6.47. The van der Waals surface area contributed by atoms with E-state index in [1.165, 1.54) is 13.2 Å². The lowest BCUT2D eigenvalue weighted by Crippen LogP contribution is -2.27. The highest BCUT2D eigenvalue weighted by Gasteiger charge is 2.23. The second kappa shape index (κ2) is 8.52. The third-order valence-electron chi connectivity index (χ3n) is 4.22. The molecular weight excluding hydrogens is 340 g/mol. The summed E-state index contributed by atoms with van der Waals surface area (Å²) in [6, 6.07) is 5.52. The first-order chi connectivity index (χ1) is 10.2. The van der Waals surface area contributed by atoms with E-state index in [-0.39, 0.29) is 30.6 Å². The predicted molar refractivity (Wildman–Crippen MR) is 94.1 cm³/mol. The first-order valence-electron chi connectivity index (χ1n) is 7.31. The second-order valence-corrected chi connectivity index (χ2v) is 5.57. The fourth-order valence-electron chi connectivity index (χ4n) is 3.00. The molecule has 1 fully saturated rings. The molecule has 2 N–H and O–H groups in total. The Kier molecular flexibility index (Phi) is 7.32. The van der Waals surface area contributed by atoms with Crippen LogP contribution in [0.4, 0.5) is 4.39 Å². The summed E-state index contributed by atoms with van der Waals surface area (Å²) in [4.78, 5) is 4.35. The second-order valence-electron chi connectivity index (χ2n) is 5.57. The van der Waals surface area contributed by atoms with E-state index in [0.717, 1.165) is 25.7 Å². The Balaban J connectivity index is 0.00000132. The van der Waals surface area contributed by atoms with Crippen molar-refractivity contribution in [1.82, 2.24) is 9.55 Å². The maximum atomic E-state index is 14.3. The fourth-order valence-corrected chi connectivity index (χ4v) is 3.00. The van der Waals surface area contributed by atoms with E-state index in [1.807, 2.05) is 6.20 Å². The highest BCUT2D eigenvalue weighted by Crippen LogP contribution is 2.33. The number of benzene rings is 1. The normalized spacial score (nSPS) is 20.3. The fraction of sp³-hybridized carbons (Fsp3) is 0.438. The smallest absolute Gasteiger partial charge is 0.143 e. The van der Waals surface area contributed by atoms with Gasteiger partial charge in [-0.05, 0) is 37.8 Å². The van der Waals surface area contributed by atoms with Crippen LogP contribution < -0.4 is 10.5 Å². The Morgan fingerprint density at radius 1 is 1.22 bits per heavy atom. The largest absolute Gasteiger partial charge is 0.497 e. The number of imidazole rings is 1. The number of nitrogens with two attached hydrogens (primary N) is 1. The molecule has 0 spiro atoms. The first kappa shape index (κ1) is 19.7. The molecule has 1 aromatic carbocycles. The zero-order chi connectivity index (χ0) is 14.8. The summed E-state index contributed by atoms with van der Waals surface area (Å²) in [7, 11) is 1.53. The summed E-state index contributed by atoms with van der Waals surface area (Å²) in [6.07, 6.45) is 7.71. The van der Waals surface area contributed by atoms with Gasteiger partial charge in [0.05, 0.1) is 12.7 Å². The van der Waals surface area contributed by atoms with Gasteiger partial charge in [0.2, 0.25) is 0 Å². The van der Waals surface area contributed by atoms with Crippen molar-refractivity contribution >= 4 is 24.8 Å². The van der Waals surface area contributed by atoms with Crippen molar-refractivity contribution in [2.45, 2.75) is 37.8 Å². The maximum absolute atomic E-state index is 14.3. The van der Waals surface area contributed by atoms with Crippen molar-refractivity contribution < 1.29 is 9.13 Å². The van der Waals surface area contributed by atoms with E-state index in [2.05, 4.69) is 9.55 Å². The van der Waals surface area contributed by atoms with Crippen molar-refractivity contribution in [3.8, 4) is 17.1 Å². The standard InChI is InChI=1S/C16H20FN3O.2ClH/c1-21-13-6-7-14(15(17)10-13)16-19-8-9-20(16)12-4-2-11(18)3-5-12;;/h6-12H,2-5,18H2,1H3;2*1H. The maximum Gasteiger partial charge on any atom is 0.143 e. The third kappa shape index (κ3) is 4.16. The van der Waals surface area contributed by atoms with Crippen LogP contribution in [0.15, 0.2) is 30.6 Å². The molecule has 2 aromatic rings. The van der Waals surface area contributed by atoms with E-state index in [0.29, 0.717) is 29.2 Å². The number of hydrogen-bond acceptors (Lipinski definition) is 3. The van der Waals surface area contributed by atoms with Crippen LogP contribution in [0.5, 0.6) is 5.75 Å². The van der Waals surface area contributed by atoms with Gasteiger partial charge < -0.3 is 15.0 Å². The van der Waals surface area contributed by atoms with E-state index < -0.39 is 0 Å². The van der Waals surface area contributed by atoms with Gasteiger partial charge in [0, 0.05) is 30.5 Å². The van der Waals surface area contributed by atoms with Gasteiger partial charge in [-0.1, -0.05) is 0 Å². The highest BCUT2D eigenvalue weighted by atomic mass is 35.5. The molecule has 0 aliphatic heterocycles. The summed E-state index contributed by atoms with van der Waals surface area (Å²) in [5.74, 6) is 0.878. The van der Waals surface area contributed by atoms with Crippen LogP contribution in [0, 0.1) is 5.82 Å². The minimum atomic E-state index is -0.311. The van der Waals surface area contributed by atoms with E-state index in [1.54, 1.807) is 18.3 Å². The van der Waals surface area contributed by atoms with Crippen LogP contribution in [0.25, 0.3) is 11.4 Å². The molecule has 1 aromatic heterocycles. The van der Waals surface area contributed by atoms with Gasteiger partial charge in [0.1, 0.15) is 17.4 Å². The lowest BCUT2D eigenvalue weighted by molar-refractivity contribution is 0.325. The van der Waals surface area contributed by atoms with Crippen LogP contribution in [-0.4, -0.2) is 22.7 Å². The van der Waals surface area contributed by atoms with E-state index in [9.17, 15) is 4.39 Å². The quantitative estimate of drug-likeness (QED) is 0.899. The van der Waals surface area contributed by atoms with Gasteiger partial charge in [0.15, 0.2) is 0 Å². The Morgan fingerprint density at radius 2 is 1.91 bits per heavy atom. The lowest BCUT2D eigenvalue weighted by Gasteiger charge is -2.28. The average Bonchev–Trinajstić information content (AvgIpc) is 2.97. The Morgan fingerprint density at radius 3 is 2.52 bits per heavy atom. The molecule has 1 saturated carbocycles. The Hall–Kier alpha value is -1.30. The minimum Gasteiger partial charge on any atom is -0.497 e. The van der Waals surface area contributed by atoms with Crippen LogP contribution in [0.2, 0.25) is 0 Å². The van der Waals surface area contributed by atoms with Crippen molar-refractivity contribution in [1.29, 1.82) is 0 Å². The number of hydrogen-bond donors (Lipinski definition) is 1. The molecule has 1 heterocycles. The SMILES string of the molecule is COc1ccc(-c2nccn2C2CCC(N)CC2)c(F)c1.Cl.Cl. The minimum absolute atomic E-state index is 0. The number of nitrogens with zero attached hydrogens (tertiary/aromatic N) is 2. The molecular formula is C16H22Cl2FN3O. The summed E-state index contributed by atoms with van der Waals surface area (Å²) in [5, 5.41) is 0. The number of aromatic nitrogens is 2. The molecule has 0 saturated heterocycles.